The molecule has 0 bridgehead atoms. The zero-order valence-corrected chi connectivity index (χ0v) is 25.4. The molecule has 7 rings (SSSR count). The number of hydrogen-bond donors (Lipinski definition) is 1. The molecular weight excluding hydrogens is 564 g/mol. The summed E-state index contributed by atoms with van der Waals surface area (Å²) in [7, 11) is 0. The second kappa shape index (κ2) is 11.3. The van der Waals surface area contributed by atoms with Crippen LogP contribution in [0.1, 0.15) is 43.2 Å². The standard InChI is InChI=1S/C38H32N2O3S/c1-38(2)21-31(41)34-32(22-38)43-36(39)35(33(34)27-12-9-15-29(20-27)42-28-13-7-4-8-14-28)37-40-30(23-44-37)26-18-16-25(17-19-26)24-10-5-3-6-11-24/h3-20,23,33H,21-22,39H2,1-2H3. The summed E-state index contributed by atoms with van der Waals surface area (Å²) in [6.07, 6.45) is 1.08. The topological polar surface area (TPSA) is 74.4 Å². The monoisotopic (exact) mass is 596 g/mol. The smallest absolute Gasteiger partial charge is 0.197 e. The second-order valence-electron chi connectivity index (χ2n) is 12.1. The van der Waals surface area contributed by atoms with Crippen LogP contribution in [0.5, 0.6) is 11.5 Å². The van der Waals surface area contributed by atoms with E-state index in [-0.39, 0.29) is 17.1 Å². The van der Waals surface area contributed by atoms with Gasteiger partial charge in [-0.3, -0.25) is 4.79 Å². The lowest BCUT2D eigenvalue weighted by atomic mass is 9.70. The van der Waals surface area contributed by atoms with Crippen molar-refractivity contribution in [1.82, 2.24) is 4.98 Å². The van der Waals surface area contributed by atoms with Gasteiger partial charge in [-0.1, -0.05) is 98.8 Å². The number of aromatic nitrogens is 1. The highest BCUT2D eigenvalue weighted by molar-refractivity contribution is 7.11. The first-order chi connectivity index (χ1) is 21.3. The maximum atomic E-state index is 13.8. The van der Waals surface area contributed by atoms with E-state index in [0.29, 0.717) is 35.5 Å². The first-order valence-electron chi connectivity index (χ1n) is 14.7. The van der Waals surface area contributed by atoms with Crippen molar-refractivity contribution in [1.29, 1.82) is 0 Å². The van der Waals surface area contributed by atoms with Crippen LogP contribution in [0.4, 0.5) is 0 Å². The van der Waals surface area contributed by atoms with Gasteiger partial charge in [0.1, 0.15) is 22.3 Å². The van der Waals surface area contributed by atoms with Crippen molar-refractivity contribution in [3.8, 4) is 33.9 Å². The molecule has 0 spiro atoms. The van der Waals surface area contributed by atoms with Crippen molar-refractivity contribution in [2.75, 3.05) is 0 Å². The summed E-state index contributed by atoms with van der Waals surface area (Å²) in [6, 6.07) is 36.3. The Bertz CT molecular complexity index is 1900. The Hall–Kier alpha value is -4.94. The molecule has 1 aliphatic heterocycles. The number of carbonyl (C=O) groups excluding carboxylic acids is 1. The number of nitrogens with two attached hydrogens (primary N) is 1. The fourth-order valence-electron chi connectivity index (χ4n) is 6.10. The Morgan fingerprint density at radius 3 is 2.20 bits per heavy atom. The number of para-hydroxylation sites is 1. The van der Waals surface area contributed by atoms with Gasteiger partial charge >= 0.3 is 0 Å². The fourth-order valence-corrected chi connectivity index (χ4v) is 7.01. The summed E-state index contributed by atoms with van der Waals surface area (Å²) in [4.78, 5) is 18.9. The SMILES string of the molecule is CC1(C)CC(=O)C2=C(C1)OC(N)=C(c1nc(-c3ccc(-c4ccccc4)cc3)cs1)C2c1cccc(Oc2ccccc2)c1. The van der Waals surface area contributed by atoms with Crippen LogP contribution in [0.3, 0.4) is 0 Å². The van der Waals surface area contributed by atoms with Crippen LogP contribution in [-0.4, -0.2) is 10.8 Å². The maximum absolute atomic E-state index is 13.8. The molecule has 0 saturated heterocycles. The normalized spacial score (nSPS) is 17.7. The molecule has 44 heavy (non-hydrogen) atoms. The van der Waals surface area contributed by atoms with Crippen molar-refractivity contribution >= 4 is 22.7 Å². The van der Waals surface area contributed by atoms with Crippen LogP contribution in [-0.2, 0) is 9.53 Å². The Morgan fingerprint density at radius 2 is 1.45 bits per heavy atom. The summed E-state index contributed by atoms with van der Waals surface area (Å²) in [5.41, 5.74) is 13.0. The lowest BCUT2D eigenvalue weighted by Crippen LogP contribution is -2.33. The maximum Gasteiger partial charge on any atom is 0.197 e. The van der Waals surface area contributed by atoms with Crippen molar-refractivity contribution in [3.05, 3.63) is 142 Å². The molecule has 1 aliphatic carbocycles. The van der Waals surface area contributed by atoms with E-state index in [2.05, 4.69) is 50.2 Å². The number of nitrogens with zero attached hydrogens (tertiary/aromatic N) is 1. The molecular formula is C38H32N2O3S. The average Bonchev–Trinajstić information content (AvgIpc) is 3.51. The van der Waals surface area contributed by atoms with E-state index < -0.39 is 5.92 Å². The number of Topliss-reactive ketones (excluding diaryl/α,β-unsaturated/α-hetero) is 1. The summed E-state index contributed by atoms with van der Waals surface area (Å²) in [5, 5.41) is 2.77. The third-order valence-corrected chi connectivity index (χ3v) is 9.02. The third kappa shape index (κ3) is 5.45. The summed E-state index contributed by atoms with van der Waals surface area (Å²) < 4.78 is 12.5. The van der Waals surface area contributed by atoms with Gasteiger partial charge in [0.2, 0.25) is 0 Å². The Labute approximate surface area is 261 Å². The molecule has 5 nitrogen and oxygen atoms in total. The average molecular weight is 597 g/mol. The van der Waals surface area contributed by atoms with Gasteiger partial charge in [0, 0.05) is 35.3 Å². The number of ketones is 1. The summed E-state index contributed by atoms with van der Waals surface area (Å²) >= 11 is 1.51. The third-order valence-electron chi connectivity index (χ3n) is 8.15. The van der Waals surface area contributed by atoms with E-state index in [1.54, 1.807) is 0 Å². The van der Waals surface area contributed by atoms with E-state index in [9.17, 15) is 4.79 Å². The Morgan fingerprint density at radius 1 is 0.795 bits per heavy atom. The molecule has 218 valence electrons. The minimum Gasteiger partial charge on any atom is -0.457 e. The van der Waals surface area contributed by atoms with Gasteiger partial charge < -0.3 is 15.2 Å². The molecule has 0 radical (unpaired) electrons. The summed E-state index contributed by atoms with van der Waals surface area (Å²) in [5.74, 6) is 2.01. The van der Waals surface area contributed by atoms with Gasteiger partial charge in [-0.2, -0.15) is 0 Å². The quantitative estimate of drug-likeness (QED) is 0.211. The van der Waals surface area contributed by atoms with Gasteiger partial charge in [0.05, 0.1) is 11.3 Å². The molecule has 0 saturated carbocycles. The highest BCUT2D eigenvalue weighted by Crippen LogP contribution is 2.51. The van der Waals surface area contributed by atoms with Gasteiger partial charge in [-0.05, 0) is 46.4 Å². The number of thiazole rings is 1. The van der Waals surface area contributed by atoms with Crippen LogP contribution in [0, 0.1) is 5.41 Å². The van der Waals surface area contributed by atoms with E-state index >= 15 is 0 Å². The zero-order chi connectivity index (χ0) is 30.3. The van der Waals surface area contributed by atoms with Crippen molar-refractivity contribution < 1.29 is 14.3 Å². The number of benzene rings is 4. The van der Waals surface area contributed by atoms with E-state index in [1.165, 1.54) is 16.9 Å². The molecule has 6 heteroatoms. The first kappa shape index (κ1) is 27.9. The van der Waals surface area contributed by atoms with Crippen LogP contribution in [0.2, 0.25) is 0 Å². The molecule has 2 N–H and O–H groups in total. The first-order valence-corrected chi connectivity index (χ1v) is 15.6. The molecule has 4 aromatic carbocycles. The van der Waals surface area contributed by atoms with E-state index in [0.717, 1.165) is 33.1 Å². The predicted octanol–water partition coefficient (Wildman–Crippen LogP) is 9.35. The molecule has 0 amide bonds. The Kier molecular flexibility index (Phi) is 7.15. The largest absolute Gasteiger partial charge is 0.457 e. The predicted molar refractivity (Wildman–Crippen MR) is 176 cm³/mol. The van der Waals surface area contributed by atoms with Gasteiger partial charge in [-0.25, -0.2) is 4.98 Å². The number of hydrogen-bond acceptors (Lipinski definition) is 6. The van der Waals surface area contributed by atoms with Gasteiger partial charge in [-0.15, -0.1) is 11.3 Å². The van der Waals surface area contributed by atoms with Crippen molar-refractivity contribution in [3.63, 3.8) is 0 Å². The van der Waals surface area contributed by atoms with Crippen molar-refractivity contribution in [2.24, 2.45) is 11.1 Å². The molecule has 5 aromatic rings. The minimum atomic E-state index is -0.430. The van der Waals surface area contributed by atoms with Crippen LogP contribution in [0.25, 0.3) is 28.0 Å². The molecule has 2 heterocycles. The lowest BCUT2D eigenvalue weighted by molar-refractivity contribution is -0.118. The molecule has 1 atom stereocenters. The van der Waals surface area contributed by atoms with Gasteiger partial charge in [0.25, 0.3) is 0 Å². The molecule has 2 aliphatic rings. The van der Waals surface area contributed by atoms with Crippen LogP contribution < -0.4 is 10.5 Å². The van der Waals surface area contributed by atoms with Crippen LogP contribution >= 0.6 is 11.3 Å². The second-order valence-corrected chi connectivity index (χ2v) is 12.9. The van der Waals surface area contributed by atoms with E-state index in [4.69, 9.17) is 20.2 Å². The van der Waals surface area contributed by atoms with Crippen molar-refractivity contribution in [2.45, 2.75) is 32.6 Å². The highest BCUT2D eigenvalue weighted by atomic mass is 32.1. The van der Waals surface area contributed by atoms with Crippen LogP contribution in [0.15, 0.2) is 132 Å². The number of allylic oxidation sites excluding steroid dienone is 3. The number of carbonyl (C=O) groups is 1. The zero-order valence-electron chi connectivity index (χ0n) is 24.6. The highest BCUT2D eigenvalue weighted by Gasteiger charge is 2.44. The molecule has 1 aromatic heterocycles. The van der Waals surface area contributed by atoms with Gasteiger partial charge in [0.15, 0.2) is 11.7 Å². The molecule has 0 fully saturated rings. The molecule has 1 unspecified atom stereocenters. The summed E-state index contributed by atoms with van der Waals surface area (Å²) in [6.45, 7) is 4.18. The Balaban J connectivity index is 1.28. The van der Waals surface area contributed by atoms with E-state index in [1.807, 2.05) is 78.2 Å². The fraction of sp³-hybridized carbons (Fsp3) is 0.158. The minimum absolute atomic E-state index is 0.0777. The number of rotatable bonds is 6. The number of ether oxygens (including phenoxy) is 2. The lowest BCUT2D eigenvalue weighted by Gasteiger charge is -2.38.